The van der Waals surface area contributed by atoms with Gasteiger partial charge in [-0.25, -0.2) is 13.6 Å². The van der Waals surface area contributed by atoms with Crippen molar-refractivity contribution in [3.8, 4) is 16.9 Å². The second-order valence-corrected chi connectivity index (χ2v) is 10.0. The number of carbonyl (C=O) groups is 1. The number of ether oxygens (including phenoxy) is 2. The van der Waals surface area contributed by atoms with Crippen LogP contribution in [0.5, 0.6) is 5.75 Å². The molecule has 208 valence electrons. The molecule has 2 heterocycles. The number of methoxy groups -OCH3 is 1. The Morgan fingerprint density at radius 2 is 1.88 bits per heavy atom. The summed E-state index contributed by atoms with van der Waals surface area (Å²) in [5.41, 5.74) is 3.04. The maximum atomic E-state index is 16.1. The van der Waals surface area contributed by atoms with Crippen LogP contribution in [0.4, 0.5) is 8.78 Å². The van der Waals surface area contributed by atoms with Gasteiger partial charge in [0.2, 0.25) is 0 Å². The van der Waals surface area contributed by atoms with Crippen LogP contribution in [0.25, 0.3) is 32.8 Å². The van der Waals surface area contributed by atoms with Gasteiger partial charge in [0.15, 0.2) is 11.5 Å². The van der Waals surface area contributed by atoms with E-state index in [4.69, 9.17) is 21.1 Å². The van der Waals surface area contributed by atoms with Gasteiger partial charge < -0.3 is 19.1 Å². The first kappa shape index (κ1) is 27.6. The van der Waals surface area contributed by atoms with Crippen molar-refractivity contribution in [2.24, 2.45) is 7.05 Å². The van der Waals surface area contributed by atoms with Crippen LogP contribution in [0.2, 0.25) is 5.02 Å². The Balaban J connectivity index is 1.53. The SMILES string of the molecule is COC(=O)c1c(F)c2c(-c3c(CO)nn(C)c3C)c(Cl)ccc2n1CCCOc1cc(C)cc2cc(F)ccc12. The quantitative estimate of drug-likeness (QED) is 0.171. The first-order valence-electron chi connectivity index (χ1n) is 12.7. The van der Waals surface area contributed by atoms with Crippen molar-refractivity contribution in [2.75, 3.05) is 13.7 Å². The van der Waals surface area contributed by atoms with E-state index in [1.54, 1.807) is 41.4 Å². The van der Waals surface area contributed by atoms with Crippen LogP contribution in [0.1, 0.15) is 33.9 Å². The smallest absolute Gasteiger partial charge is 0.357 e. The lowest BCUT2D eigenvalue weighted by atomic mass is 9.99. The van der Waals surface area contributed by atoms with Crippen LogP contribution < -0.4 is 4.74 Å². The summed E-state index contributed by atoms with van der Waals surface area (Å²) in [6.45, 7) is 3.84. The van der Waals surface area contributed by atoms with Crippen LogP contribution in [0, 0.1) is 25.5 Å². The molecular formula is C30H28ClF2N3O4. The van der Waals surface area contributed by atoms with Crippen molar-refractivity contribution in [1.29, 1.82) is 0 Å². The van der Waals surface area contributed by atoms with Crippen LogP contribution in [-0.2, 0) is 24.9 Å². The summed E-state index contributed by atoms with van der Waals surface area (Å²) in [5, 5.41) is 16.2. The molecule has 0 saturated heterocycles. The third kappa shape index (κ3) is 4.69. The van der Waals surface area contributed by atoms with E-state index < -0.39 is 11.8 Å². The Kier molecular flexibility index (Phi) is 7.53. The van der Waals surface area contributed by atoms with E-state index >= 15 is 4.39 Å². The number of aliphatic hydroxyl groups is 1. The molecule has 5 rings (SSSR count). The average molecular weight is 568 g/mol. The maximum absolute atomic E-state index is 16.1. The second kappa shape index (κ2) is 10.9. The first-order chi connectivity index (χ1) is 19.2. The van der Waals surface area contributed by atoms with E-state index in [-0.39, 0.29) is 41.7 Å². The van der Waals surface area contributed by atoms with Crippen LogP contribution in [-0.4, -0.2) is 39.1 Å². The number of aliphatic hydroxyl groups excluding tert-OH is 1. The Hall–Kier alpha value is -3.95. The first-order valence-corrected chi connectivity index (χ1v) is 13.1. The zero-order chi connectivity index (χ0) is 28.7. The largest absolute Gasteiger partial charge is 0.493 e. The van der Waals surface area contributed by atoms with Crippen molar-refractivity contribution in [1.82, 2.24) is 14.3 Å². The van der Waals surface area contributed by atoms with Crippen molar-refractivity contribution in [3.05, 3.63) is 81.8 Å². The molecule has 0 atom stereocenters. The van der Waals surface area contributed by atoms with E-state index in [0.717, 1.165) is 16.3 Å². The molecular weight excluding hydrogens is 540 g/mol. The summed E-state index contributed by atoms with van der Waals surface area (Å²) in [6.07, 6.45) is 0.426. The minimum absolute atomic E-state index is 0.145. The second-order valence-electron chi connectivity index (χ2n) is 9.64. The number of benzene rings is 3. The normalized spacial score (nSPS) is 11.5. The topological polar surface area (TPSA) is 78.5 Å². The summed E-state index contributed by atoms with van der Waals surface area (Å²) in [4.78, 5) is 12.8. The Labute approximate surface area is 234 Å². The number of aromatic nitrogens is 3. The van der Waals surface area contributed by atoms with E-state index in [2.05, 4.69) is 5.10 Å². The predicted molar refractivity (Wildman–Crippen MR) is 150 cm³/mol. The molecule has 7 nitrogen and oxygen atoms in total. The monoisotopic (exact) mass is 567 g/mol. The minimum atomic E-state index is -0.825. The van der Waals surface area contributed by atoms with Gasteiger partial charge in [-0.2, -0.15) is 5.10 Å². The highest BCUT2D eigenvalue weighted by Crippen LogP contribution is 2.42. The van der Waals surface area contributed by atoms with Gasteiger partial charge in [0.05, 0.1) is 31.5 Å². The van der Waals surface area contributed by atoms with E-state index in [9.17, 15) is 14.3 Å². The Morgan fingerprint density at radius 1 is 1.10 bits per heavy atom. The molecule has 0 bridgehead atoms. The molecule has 0 saturated carbocycles. The highest BCUT2D eigenvalue weighted by Gasteiger charge is 2.29. The summed E-state index contributed by atoms with van der Waals surface area (Å²) < 4.78 is 44.0. The molecule has 0 aliphatic carbocycles. The zero-order valence-electron chi connectivity index (χ0n) is 22.5. The lowest BCUT2D eigenvalue weighted by Gasteiger charge is -2.13. The van der Waals surface area contributed by atoms with Gasteiger partial charge in [-0.3, -0.25) is 4.68 Å². The fraction of sp³-hybridized carbons (Fsp3) is 0.267. The summed E-state index contributed by atoms with van der Waals surface area (Å²) in [7, 11) is 2.92. The van der Waals surface area contributed by atoms with Gasteiger partial charge in [0.1, 0.15) is 11.6 Å². The highest BCUT2D eigenvalue weighted by molar-refractivity contribution is 6.35. The maximum Gasteiger partial charge on any atom is 0.357 e. The van der Waals surface area contributed by atoms with Gasteiger partial charge in [0.25, 0.3) is 0 Å². The van der Waals surface area contributed by atoms with Crippen LogP contribution in [0.3, 0.4) is 0 Å². The van der Waals surface area contributed by atoms with Crippen molar-refractivity contribution < 1.29 is 28.2 Å². The van der Waals surface area contributed by atoms with Gasteiger partial charge in [0, 0.05) is 46.2 Å². The number of hydrogen-bond donors (Lipinski definition) is 1. The van der Waals surface area contributed by atoms with Crippen molar-refractivity contribution >= 4 is 39.2 Å². The number of nitrogens with zero attached hydrogens (tertiary/aromatic N) is 3. The van der Waals surface area contributed by atoms with Gasteiger partial charge in [-0.15, -0.1) is 0 Å². The molecule has 0 aliphatic rings. The third-order valence-electron chi connectivity index (χ3n) is 7.11. The highest BCUT2D eigenvalue weighted by atomic mass is 35.5. The van der Waals surface area contributed by atoms with E-state index in [0.29, 0.717) is 40.2 Å². The number of aryl methyl sites for hydroxylation is 3. The minimum Gasteiger partial charge on any atom is -0.493 e. The molecule has 10 heteroatoms. The van der Waals surface area contributed by atoms with Crippen molar-refractivity contribution in [2.45, 2.75) is 33.4 Å². The third-order valence-corrected chi connectivity index (χ3v) is 7.43. The number of hydrogen-bond acceptors (Lipinski definition) is 5. The van der Waals surface area contributed by atoms with E-state index in [1.165, 1.54) is 19.2 Å². The number of esters is 1. The summed E-state index contributed by atoms with van der Waals surface area (Å²) >= 11 is 6.61. The lowest BCUT2D eigenvalue weighted by molar-refractivity contribution is 0.0583. The molecule has 40 heavy (non-hydrogen) atoms. The van der Waals surface area contributed by atoms with Gasteiger partial charge in [-0.1, -0.05) is 17.7 Å². The molecule has 0 unspecified atom stereocenters. The molecule has 0 fully saturated rings. The Morgan fingerprint density at radius 3 is 2.60 bits per heavy atom. The summed E-state index contributed by atoms with van der Waals surface area (Å²) in [6, 6.07) is 11.6. The number of carbonyl (C=O) groups excluding carboxylic acids is 1. The van der Waals surface area contributed by atoms with Crippen molar-refractivity contribution in [3.63, 3.8) is 0 Å². The molecule has 1 N–H and O–H groups in total. The molecule has 2 aromatic heterocycles. The molecule has 0 amide bonds. The molecule has 0 radical (unpaired) electrons. The number of rotatable bonds is 8. The number of halogens is 3. The van der Waals surface area contributed by atoms with Crippen LogP contribution in [0.15, 0.2) is 42.5 Å². The average Bonchev–Trinajstić information content (AvgIpc) is 3.37. The zero-order valence-corrected chi connectivity index (χ0v) is 23.3. The fourth-order valence-electron chi connectivity index (χ4n) is 5.23. The molecule has 0 aliphatic heterocycles. The molecule has 3 aromatic carbocycles. The number of fused-ring (bicyclic) bond motifs is 2. The molecule has 0 spiro atoms. The van der Waals surface area contributed by atoms with Gasteiger partial charge >= 0.3 is 5.97 Å². The Bertz CT molecular complexity index is 1770. The molecule has 5 aromatic rings. The van der Waals surface area contributed by atoms with Gasteiger partial charge in [-0.05, 0) is 67.6 Å². The standard InChI is InChI=1S/C30H28ClF2N3O4/c1-16-12-18-14-19(32)6-7-20(18)24(13-16)40-11-5-10-36-23-9-8-21(31)26(25-17(2)35(3)34-22(25)15-37)27(23)28(33)29(36)30(38)39-4/h6-9,12-14,37H,5,10-11,15H2,1-4H3. The summed E-state index contributed by atoms with van der Waals surface area (Å²) in [5.74, 6) is -1.30. The van der Waals surface area contributed by atoms with Crippen LogP contribution >= 0.6 is 11.6 Å². The fourth-order valence-corrected chi connectivity index (χ4v) is 5.48. The van der Waals surface area contributed by atoms with E-state index in [1.807, 2.05) is 19.1 Å². The predicted octanol–water partition coefficient (Wildman–Crippen LogP) is 6.49. The lowest BCUT2D eigenvalue weighted by Crippen LogP contribution is -2.14.